The Hall–Kier alpha value is -3.04. The SMILES string of the molecule is CCOc1cc(/C=C2/SC(=S)N(CCc3ccc(OC)cc3)C2=O)ccc1OCC(=O)O. The summed E-state index contributed by atoms with van der Waals surface area (Å²) in [7, 11) is 1.62. The van der Waals surface area contributed by atoms with Crippen LogP contribution in [0.5, 0.6) is 17.2 Å². The summed E-state index contributed by atoms with van der Waals surface area (Å²) in [6.45, 7) is 2.23. The molecule has 0 spiro atoms. The molecule has 0 unspecified atom stereocenters. The topological polar surface area (TPSA) is 85.3 Å². The lowest BCUT2D eigenvalue weighted by molar-refractivity contribution is -0.139. The Morgan fingerprint density at radius 2 is 1.91 bits per heavy atom. The summed E-state index contributed by atoms with van der Waals surface area (Å²) in [5, 5.41) is 8.82. The van der Waals surface area contributed by atoms with Crippen molar-refractivity contribution in [1.82, 2.24) is 4.90 Å². The molecule has 0 saturated carbocycles. The lowest BCUT2D eigenvalue weighted by atomic mass is 10.1. The molecule has 32 heavy (non-hydrogen) atoms. The molecule has 0 aromatic heterocycles. The predicted molar refractivity (Wildman–Crippen MR) is 127 cm³/mol. The standard InChI is InChI=1S/C23H23NO6S2/c1-3-29-19-12-16(6-9-18(19)30-14-21(25)26)13-20-22(27)24(23(31)32-20)11-10-15-4-7-17(28-2)8-5-15/h4-9,12-13H,3,10-11,14H2,1-2H3,(H,25,26)/b20-13+. The Bertz CT molecular complexity index is 1040. The summed E-state index contributed by atoms with van der Waals surface area (Å²) in [6, 6.07) is 12.8. The highest BCUT2D eigenvalue weighted by Crippen LogP contribution is 2.35. The number of ether oxygens (including phenoxy) is 3. The molecule has 1 amide bonds. The smallest absolute Gasteiger partial charge is 0.341 e. The Kier molecular flexibility index (Phi) is 8.13. The van der Waals surface area contributed by atoms with Crippen LogP contribution in [0, 0.1) is 0 Å². The molecule has 1 saturated heterocycles. The summed E-state index contributed by atoms with van der Waals surface area (Å²) >= 11 is 6.67. The van der Waals surface area contributed by atoms with E-state index in [1.54, 1.807) is 36.3 Å². The van der Waals surface area contributed by atoms with Crippen LogP contribution in [0.25, 0.3) is 6.08 Å². The second kappa shape index (κ2) is 11.0. The van der Waals surface area contributed by atoms with Crippen LogP contribution in [0.1, 0.15) is 18.1 Å². The van der Waals surface area contributed by atoms with E-state index >= 15 is 0 Å². The van der Waals surface area contributed by atoms with Crippen molar-refractivity contribution in [2.24, 2.45) is 0 Å². The first-order valence-corrected chi connectivity index (χ1v) is 11.1. The quantitative estimate of drug-likeness (QED) is 0.409. The summed E-state index contributed by atoms with van der Waals surface area (Å²) in [5.41, 5.74) is 1.81. The highest BCUT2D eigenvalue weighted by molar-refractivity contribution is 8.26. The number of nitrogens with zero attached hydrogens (tertiary/aromatic N) is 1. The maximum Gasteiger partial charge on any atom is 0.341 e. The molecule has 168 valence electrons. The number of hydrogen-bond donors (Lipinski definition) is 1. The molecule has 1 N–H and O–H groups in total. The van der Waals surface area contributed by atoms with Gasteiger partial charge < -0.3 is 19.3 Å². The number of benzene rings is 2. The van der Waals surface area contributed by atoms with Crippen LogP contribution in [-0.4, -0.2) is 53.1 Å². The van der Waals surface area contributed by atoms with E-state index < -0.39 is 12.6 Å². The minimum Gasteiger partial charge on any atom is -0.497 e. The van der Waals surface area contributed by atoms with Crippen molar-refractivity contribution in [1.29, 1.82) is 0 Å². The van der Waals surface area contributed by atoms with Gasteiger partial charge in [0.25, 0.3) is 5.91 Å². The van der Waals surface area contributed by atoms with Gasteiger partial charge in [-0.1, -0.05) is 42.2 Å². The fourth-order valence-corrected chi connectivity index (χ4v) is 4.33. The number of carboxylic acids is 1. The highest BCUT2D eigenvalue weighted by Gasteiger charge is 2.31. The number of thioether (sulfide) groups is 1. The van der Waals surface area contributed by atoms with E-state index in [1.165, 1.54) is 11.8 Å². The van der Waals surface area contributed by atoms with E-state index in [0.29, 0.717) is 40.3 Å². The number of aliphatic carboxylic acids is 1. The van der Waals surface area contributed by atoms with E-state index in [1.807, 2.05) is 31.2 Å². The predicted octanol–water partition coefficient (Wildman–Crippen LogP) is 4.00. The van der Waals surface area contributed by atoms with Crippen LogP contribution < -0.4 is 14.2 Å². The Morgan fingerprint density at radius 3 is 2.56 bits per heavy atom. The highest BCUT2D eigenvalue weighted by atomic mass is 32.2. The summed E-state index contributed by atoms with van der Waals surface area (Å²) in [6.07, 6.45) is 2.42. The fraction of sp³-hybridized carbons (Fsp3) is 0.261. The van der Waals surface area contributed by atoms with E-state index in [9.17, 15) is 9.59 Å². The molecule has 3 rings (SSSR count). The number of hydrogen-bond acceptors (Lipinski definition) is 7. The van der Waals surface area contributed by atoms with Gasteiger partial charge >= 0.3 is 5.97 Å². The van der Waals surface area contributed by atoms with Crippen LogP contribution in [0.15, 0.2) is 47.4 Å². The summed E-state index contributed by atoms with van der Waals surface area (Å²) in [4.78, 5) is 25.8. The molecule has 1 aliphatic rings. The third kappa shape index (κ3) is 6.02. The van der Waals surface area contributed by atoms with Crippen LogP contribution in [0.4, 0.5) is 0 Å². The second-order valence-electron chi connectivity index (χ2n) is 6.75. The van der Waals surface area contributed by atoms with Gasteiger partial charge in [0.2, 0.25) is 0 Å². The zero-order chi connectivity index (χ0) is 23.1. The zero-order valence-corrected chi connectivity index (χ0v) is 19.3. The van der Waals surface area contributed by atoms with Gasteiger partial charge in [0.1, 0.15) is 10.1 Å². The maximum atomic E-state index is 12.9. The van der Waals surface area contributed by atoms with Crippen molar-refractivity contribution in [2.75, 3.05) is 26.9 Å². The molecule has 7 nitrogen and oxygen atoms in total. The molecule has 0 atom stereocenters. The number of carboxylic acid groups (broad SMARTS) is 1. The van der Waals surface area contributed by atoms with E-state index in [-0.39, 0.29) is 5.91 Å². The van der Waals surface area contributed by atoms with Crippen molar-refractivity contribution in [3.8, 4) is 17.2 Å². The van der Waals surface area contributed by atoms with Crippen LogP contribution in [0.3, 0.4) is 0 Å². The number of rotatable bonds is 10. The number of thiocarbonyl (C=S) groups is 1. The molecule has 0 bridgehead atoms. The van der Waals surface area contributed by atoms with E-state index in [0.717, 1.165) is 16.9 Å². The number of carbonyl (C=O) groups excluding carboxylic acids is 1. The minimum absolute atomic E-state index is 0.141. The number of amides is 1. The van der Waals surface area contributed by atoms with Gasteiger partial charge in [0.05, 0.1) is 18.6 Å². The molecule has 1 fully saturated rings. The van der Waals surface area contributed by atoms with Crippen LogP contribution in [0.2, 0.25) is 0 Å². The molecule has 1 heterocycles. The molecule has 0 radical (unpaired) electrons. The normalized spacial score (nSPS) is 14.7. The summed E-state index contributed by atoms with van der Waals surface area (Å²) < 4.78 is 16.5. The minimum atomic E-state index is -1.07. The van der Waals surface area contributed by atoms with Crippen molar-refractivity contribution in [3.05, 3.63) is 58.5 Å². The first-order valence-electron chi connectivity index (χ1n) is 9.91. The van der Waals surface area contributed by atoms with E-state index in [4.69, 9.17) is 31.5 Å². The van der Waals surface area contributed by atoms with Crippen molar-refractivity contribution >= 4 is 46.3 Å². The Labute approximate surface area is 196 Å². The average molecular weight is 474 g/mol. The first kappa shape index (κ1) is 23.6. The molecule has 2 aromatic rings. The molecule has 1 aliphatic heterocycles. The fourth-order valence-electron chi connectivity index (χ4n) is 3.02. The molecular weight excluding hydrogens is 450 g/mol. The van der Waals surface area contributed by atoms with Crippen LogP contribution in [-0.2, 0) is 16.0 Å². The Morgan fingerprint density at radius 1 is 1.16 bits per heavy atom. The second-order valence-corrected chi connectivity index (χ2v) is 8.43. The lowest BCUT2D eigenvalue weighted by Crippen LogP contribution is -2.30. The van der Waals surface area contributed by atoms with Gasteiger partial charge in [0, 0.05) is 6.54 Å². The maximum absolute atomic E-state index is 12.9. The number of carbonyl (C=O) groups is 2. The zero-order valence-electron chi connectivity index (χ0n) is 17.7. The van der Waals surface area contributed by atoms with Crippen molar-refractivity contribution in [3.63, 3.8) is 0 Å². The third-order valence-corrected chi connectivity index (χ3v) is 5.95. The van der Waals surface area contributed by atoms with Gasteiger partial charge in [-0.2, -0.15) is 0 Å². The van der Waals surface area contributed by atoms with Crippen molar-refractivity contribution < 1.29 is 28.9 Å². The molecule has 0 aliphatic carbocycles. The monoisotopic (exact) mass is 473 g/mol. The average Bonchev–Trinajstić information content (AvgIpc) is 3.04. The van der Waals surface area contributed by atoms with Gasteiger partial charge in [-0.25, -0.2) is 4.79 Å². The summed E-state index contributed by atoms with van der Waals surface area (Å²) in [5.74, 6) is 0.316. The van der Waals surface area contributed by atoms with Gasteiger partial charge in [-0.15, -0.1) is 0 Å². The van der Waals surface area contributed by atoms with Gasteiger partial charge in [-0.3, -0.25) is 9.69 Å². The number of methoxy groups -OCH3 is 1. The first-order chi connectivity index (χ1) is 15.4. The van der Waals surface area contributed by atoms with Crippen molar-refractivity contribution in [2.45, 2.75) is 13.3 Å². The van der Waals surface area contributed by atoms with Crippen LogP contribution >= 0.6 is 24.0 Å². The van der Waals surface area contributed by atoms with Gasteiger partial charge in [0.15, 0.2) is 18.1 Å². The van der Waals surface area contributed by atoms with Gasteiger partial charge in [-0.05, 0) is 54.8 Å². The molecular formula is C23H23NO6S2. The third-order valence-electron chi connectivity index (χ3n) is 4.57. The lowest BCUT2D eigenvalue weighted by Gasteiger charge is -2.14. The molecule has 2 aromatic carbocycles. The van der Waals surface area contributed by atoms with E-state index in [2.05, 4.69) is 0 Å². The largest absolute Gasteiger partial charge is 0.497 e. The Balaban J connectivity index is 1.71. The molecule has 9 heteroatoms.